The summed E-state index contributed by atoms with van der Waals surface area (Å²) in [5, 5.41) is 19.6. The van der Waals surface area contributed by atoms with Gasteiger partial charge in [0.15, 0.2) is 18.5 Å². The lowest BCUT2D eigenvalue weighted by molar-refractivity contribution is -0.303. The van der Waals surface area contributed by atoms with Crippen molar-refractivity contribution in [2.45, 2.75) is 51.2 Å². The minimum atomic E-state index is -1.46. The van der Waals surface area contributed by atoms with Crippen molar-refractivity contribution in [1.29, 1.82) is 0 Å². The Balaban J connectivity index is 2.20. The molecule has 8 heteroatoms. The Hall–Kier alpha value is -2.00. The van der Waals surface area contributed by atoms with Gasteiger partial charge in [0.25, 0.3) is 0 Å². The van der Waals surface area contributed by atoms with Crippen LogP contribution in [0.2, 0.25) is 0 Å². The molecule has 0 amide bonds. The Morgan fingerprint density at radius 2 is 1.64 bits per heavy atom. The van der Waals surface area contributed by atoms with Crippen LogP contribution in [0.25, 0.3) is 0 Å². The van der Waals surface area contributed by atoms with Crippen molar-refractivity contribution in [3.05, 3.63) is 35.9 Å². The molecule has 0 bridgehead atoms. The summed E-state index contributed by atoms with van der Waals surface area (Å²) in [5.41, 5.74) is 0.838. The zero-order chi connectivity index (χ0) is 18.4. The SMILES string of the molecule is CC(=O)O[C@@H]1[C@H](OCc2ccccc2)[C@@H](O)O[C@H](CO)[C@H]1OC(C)=O. The largest absolute Gasteiger partial charge is 0.456 e. The molecule has 1 aromatic rings. The zero-order valence-corrected chi connectivity index (χ0v) is 14.0. The second-order valence-electron chi connectivity index (χ2n) is 5.66. The molecular weight excluding hydrogens is 332 g/mol. The molecule has 1 heterocycles. The molecule has 2 N–H and O–H groups in total. The first-order valence-electron chi connectivity index (χ1n) is 7.86. The van der Waals surface area contributed by atoms with Crippen LogP contribution in [0.15, 0.2) is 30.3 Å². The summed E-state index contributed by atoms with van der Waals surface area (Å²) >= 11 is 0. The maximum Gasteiger partial charge on any atom is 0.303 e. The van der Waals surface area contributed by atoms with Gasteiger partial charge >= 0.3 is 11.9 Å². The van der Waals surface area contributed by atoms with Crippen molar-refractivity contribution >= 4 is 11.9 Å². The second-order valence-corrected chi connectivity index (χ2v) is 5.66. The molecular formula is C17H22O8. The predicted molar refractivity (Wildman–Crippen MR) is 84.1 cm³/mol. The van der Waals surface area contributed by atoms with Gasteiger partial charge in [0.2, 0.25) is 0 Å². The Bertz CT molecular complexity index is 575. The summed E-state index contributed by atoms with van der Waals surface area (Å²) < 4.78 is 21.3. The first-order chi connectivity index (χ1) is 11.9. The van der Waals surface area contributed by atoms with E-state index in [0.29, 0.717) is 0 Å². The Morgan fingerprint density at radius 1 is 1.04 bits per heavy atom. The van der Waals surface area contributed by atoms with Crippen LogP contribution in [0.5, 0.6) is 0 Å². The van der Waals surface area contributed by atoms with Crippen molar-refractivity contribution in [3.8, 4) is 0 Å². The number of carbonyl (C=O) groups is 2. The van der Waals surface area contributed by atoms with E-state index in [0.717, 1.165) is 5.56 Å². The van der Waals surface area contributed by atoms with E-state index in [-0.39, 0.29) is 6.61 Å². The molecule has 25 heavy (non-hydrogen) atoms. The standard InChI is InChI=1S/C17H22O8/c1-10(19)23-14-13(8-18)25-17(21)16(15(14)24-11(2)20)22-9-12-6-4-3-5-7-12/h3-7,13-18,21H,8-9H2,1-2H3/t13-,14-,15+,16+,17+/m1/s1. The van der Waals surface area contributed by atoms with E-state index in [2.05, 4.69) is 0 Å². The van der Waals surface area contributed by atoms with E-state index in [1.807, 2.05) is 30.3 Å². The van der Waals surface area contributed by atoms with Crippen LogP contribution in [-0.4, -0.2) is 59.5 Å². The van der Waals surface area contributed by atoms with Gasteiger partial charge in [0, 0.05) is 13.8 Å². The van der Waals surface area contributed by atoms with Crippen molar-refractivity contribution < 1.29 is 38.7 Å². The summed E-state index contributed by atoms with van der Waals surface area (Å²) in [4.78, 5) is 22.8. The maximum absolute atomic E-state index is 11.5. The third-order valence-corrected chi connectivity index (χ3v) is 3.68. The van der Waals surface area contributed by atoms with Crippen molar-refractivity contribution in [2.75, 3.05) is 6.61 Å². The Kier molecular flexibility index (Phi) is 6.89. The minimum Gasteiger partial charge on any atom is -0.456 e. The van der Waals surface area contributed by atoms with Gasteiger partial charge in [-0.25, -0.2) is 0 Å². The van der Waals surface area contributed by atoms with E-state index in [1.54, 1.807) is 0 Å². The van der Waals surface area contributed by atoms with Crippen LogP contribution in [0.1, 0.15) is 19.4 Å². The van der Waals surface area contributed by atoms with Gasteiger partial charge in [-0.3, -0.25) is 9.59 Å². The van der Waals surface area contributed by atoms with E-state index >= 15 is 0 Å². The number of carbonyl (C=O) groups excluding carboxylic acids is 2. The fraction of sp³-hybridized carbons (Fsp3) is 0.529. The highest BCUT2D eigenvalue weighted by atomic mass is 16.7. The number of aliphatic hydroxyl groups excluding tert-OH is 2. The number of hydrogen-bond donors (Lipinski definition) is 2. The van der Waals surface area contributed by atoms with E-state index in [1.165, 1.54) is 13.8 Å². The fourth-order valence-electron chi connectivity index (χ4n) is 2.65. The quantitative estimate of drug-likeness (QED) is 0.694. The number of hydrogen-bond acceptors (Lipinski definition) is 8. The van der Waals surface area contributed by atoms with Gasteiger partial charge in [-0.05, 0) is 5.56 Å². The number of aliphatic hydroxyl groups is 2. The molecule has 138 valence electrons. The predicted octanol–water partition coefficient (Wildman–Crippen LogP) is 0.145. The van der Waals surface area contributed by atoms with E-state index in [9.17, 15) is 19.8 Å². The highest BCUT2D eigenvalue weighted by Gasteiger charge is 2.50. The van der Waals surface area contributed by atoms with Crippen LogP contribution in [0, 0.1) is 0 Å². The lowest BCUT2D eigenvalue weighted by Gasteiger charge is -2.42. The van der Waals surface area contributed by atoms with Crippen LogP contribution in [0.4, 0.5) is 0 Å². The van der Waals surface area contributed by atoms with Gasteiger partial charge in [-0.15, -0.1) is 0 Å². The molecule has 1 aliphatic rings. The van der Waals surface area contributed by atoms with Crippen molar-refractivity contribution in [3.63, 3.8) is 0 Å². The second kappa shape index (κ2) is 8.91. The first-order valence-corrected chi connectivity index (χ1v) is 7.86. The number of ether oxygens (including phenoxy) is 4. The third-order valence-electron chi connectivity index (χ3n) is 3.68. The zero-order valence-electron chi connectivity index (χ0n) is 14.0. The molecule has 0 radical (unpaired) electrons. The monoisotopic (exact) mass is 354 g/mol. The number of esters is 2. The van der Waals surface area contributed by atoms with Crippen LogP contribution >= 0.6 is 0 Å². The smallest absolute Gasteiger partial charge is 0.303 e. The van der Waals surface area contributed by atoms with Crippen LogP contribution < -0.4 is 0 Å². The molecule has 1 fully saturated rings. The normalized spacial score (nSPS) is 29.0. The number of benzene rings is 1. The van der Waals surface area contributed by atoms with E-state index in [4.69, 9.17) is 18.9 Å². The summed E-state index contributed by atoms with van der Waals surface area (Å²) in [5.74, 6) is -1.27. The Labute approximate surface area is 145 Å². The third kappa shape index (κ3) is 5.23. The molecule has 8 nitrogen and oxygen atoms in total. The molecule has 1 aromatic carbocycles. The molecule has 0 aliphatic carbocycles. The summed E-state index contributed by atoms with van der Waals surface area (Å²) in [7, 11) is 0. The Morgan fingerprint density at radius 3 is 2.20 bits per heavy atom. The lowest BCUT2D eigenvalue weighted by atomic mass is 9.98. The van der Waals surface area contributed by atoms with Crippen molar-refractivity contribution in [2.24, 2.45) is 0 Å². The molecule has 2 rings (SSSR count). The average molecular weight is 354 g/mol. The van der Waals surface area contributed by atoms with Crippen LogP contribution in [-0.2, 0) is 35.1 Å². The first kappa shape index (κ1) is 19.3. The molecule has 5 atom stereocenters. The van der Waals surface area contributed by atoms with Gasteiger partial charge in [-0.1, -0.05) is 30.3 Å². The van der Waals surface area contributed by atoms with Gasteiger partial charge in [-0.2, -0.15) is 0 Å². The highest BCUT2D eigenvalue weighted by Crippen LogP contribution is 2.28. The lowest BCUT2D eigenvalue weighted by Crippen LogP contribution is -2.61. The summed E-state index contributed by atoms with van der Waals surface area (Å²) in [6, 6.07) is 9.18. The molecule has 0 saturated carbocycles. The highest BCUT2D eigenvalue weighted by molar-refractivity contribution is 5.67. The average Bonchev–Trinajstić information content (AvgIpc) is 2.56. The van der Waals surface area contributed by atoms with Gasteiger partial charge in [0.05, 0.1) is 13.2 Å². The summed E-state index contributed by atoms with van der Waals surface area (Å²) in [6.45, 7) is 1.97. The van der Waals surface area contributed by atoms with Gasteiger partial charge < -0.3 is 29.2 Å². The molecule has 0 aromatic heterocycles. The summed E-state index contributed by atoms with van der Waals surface area (Å²) in [6.07, 6.45) is -5.81. The number of rotatable bonds is 6. The molecule has 1 aliphatic heterocycles. The van der Waals surface area contributed by atoms with Gasteiger partial charge in [0.1, 0.15) is 12.2 Å². The van der Waals surface area contributed by atoms with Crippen LogP contribution in [0.3, 0.4) is 0 Å². The topological polar surface area (TPSA) is 112 Å². The molecule has 0 unspecified atom stereocenters. The van der Waals surface area contributed by atoms with E-state index < -0.39 is 49.3 Å². The minimum absolute atomic E-state index is 0.125. The molecule has 1 saturated heterocycles. The maximum atomic E-state index is 11.5. The molecule has 0 spiro atoms. The fourth-order valence-corrected chi connectivity index (χ4v) is 2.65. The van der Waals surface area contributed by atoms with Crippen molar-refractivity contribution in [1.82, 2.24) is 0 Å².